The van der Waals surface area contributed by atoms with Gasteiger partial charge in [0.2, 0.25) is 0 Å². The van der Waals surface area contributed by atoms with Gasteiger partial charge in [-0.05, 0) is 12.0 Å². The Morgan fingerprint density at radius 2 is 1.68 bits per heavy atom. The highest BCUT2D eigenvalue weighted by atomic mass is 16.7. The summed E-state index contributed by atoms with van der Waals surface area (Å²) in [7, 11) is 0. The Balaban J connectivity index is 2.95. The standard InChI is InChI=1S/C18H24O4/c1-4-5-7-12-17(13-16-10-8-6-9-11-16)18(21-14(2)19)22-15(3)20/h6,8-12,18H,4-5,7,13H2,1-3H3. The Bertz CT molecular complexity index is 489. The van der Waals surface area contributed by atoms with E-state index in [1.54, 1.807) is 0 Å². The van der Waals surface area contributed by atoms with Gasteiger partial charge in [0.1, 0.15) is 0 Å². The molecule has 4 heteroatoms. The Kier molecular flexibility index (Phi) is 7.97. The first-order chi connectivity index (χ1) is 10.5. The molecule has 0 saturated heterocycles. The first-order valence-corrected chi connectivity index (χ1v) is 7.60. The van der Waals surface area contributed by atoms with Crippen LogP contribution in [0.15, 0.2) is 42.0 Å². The highest BCUT2D eigenvalue weighted by molar-refractivity contribution is 5.68. The average Bonchev–Trinajstić information content (AvgIpc) is 2.46. The fraction of sp³-hybridized carbons (Fsp3) is 0.444. The molecule has 0 spiro atoms. The third-order valence-corrected chi connectivity index (χ3v) is 3.06. The number of hydrogen-bond donors (Lipinski definition) is 0. The Morgan fingerprint density at radius 1 is 1.09 bits per heavy atom. The normalized spacial score (nSPS) is 11.4. The van der Waals surface area contributed by atoms with Crippen molar-refractivity contribution in [3.05, 3.63) is 47.5 Å². The van der Waals surface area contributed by atoms with Crippen molar-refractivity contribution in [1.82, 2.24) is 0 Å². The predicted octanol–water partition coefficient (Wildman–Crippen LogP) is 3.80. The second-order valence-electron chi connectivity index (χ2n) is 5.13. The largest absolute Gasteiger partial charge is 0.421 e. The van der Waals surface area contributed by atoms with Gasteiger partial charge in [0.15, 0.2) is 0 Å². The molecule has 0 fully saturated rings. The molecular formula is C18H24O4. The fourth-order valence-electron chi connectivity index (χ4n) is 2.05. The quantitative estimate of drug-likeness (QED) is 0.317. The average molecular weight is 304 g/mol. The summed E-state index contributed by atoms with van der Waals surface area (Å²) < 4.78 is 10.4. The monoisotopic (exact) mass is 304 g/mol. The second-order valence-corrected chi connectivity index (χ2v) is 5.13. The molecule has 0 atom stereocenters. The van der Waals surface area contributed by atoms with Crippen molar-refractivity contribution in [2.45, 2.75) is 52.7 Å². The van der Waals surface area contributed by atoms with Crippen molar-refractivity contribution < 1.29 is 19.1 Å². The Labute approximate surface area is 132 Å². The summed E-state index contributed by atoms with van der Waals surface area (Å²) in [6.45, 7) is 4.73. The van der Waals surface area contributed by atoms with Crippen LogP contribution in [-0.2, 0) is 25.5 Å². The van der Waals surface area contributed by atoms with Crippen LogP contribution in [0.5, 0.6) is 0 Å². The molecular weight excluding hydrogens is 280 g/mol. The summed E-state index contributed by atoms with van der Waals surface area (Å²) in [5.74, 6) is -0.943. The third kappa shape index (κ3) is 7.07. The number of carbonyl (C=O) groups is 2. The minimum Gasteiger partial charge on any atom is -0.421 e. The van der Waals surface area contributed by atoms with Crippen molar-refractivity contribution in [2.24, 2.45) is 0 Å². The third-order valence-electron chi connectivity index (χ3n) is 3.06. The maximum Gasteiger partial charge on any atom is 0.305 e. The predicted molar refractivity (Wildman–Crippen MR) is 85.1 cm³/mol. The summed E-state index contributed by atoms with van der Waals surface area (Å²) in [5, 5.41) is 0. The molecule has 1 rings (SSSR count). The number of allylic oxidation sites excluding steroid dienone is 1. The van der Waals surface area contributed by atoms with E-state index in [1.165, 1.54) is 13.8 Å². The van der Waals surface area contributed by atoms with Crippen LogP contribution in [0.1, 0.15) is 45.6 Å². The van der Waals surface area contributed by atoms with Gasteiger partial charge in [0.05, 0.1) is 0 Å². The minimum absolute atomic E-state index is 0.472. The van der Waals surface area contributed by atoms with E-state index < -0.39 is 18.2 Å². The molecule has 1 aromatic rings. The summed E-state index contributed by atoms with van der Waals surface area (Å²) in [6, 6.07) is 9.83. The molecule has 0 heterocycles. The number of benzene rings is 1. The van der Waals surface area contributed by atoms with Crippen molar-refractivity contribution >= 4 is 11.9 Å². The molecule has 0 saturated carbocycles. The molecule has 4 nitrogen and oxygen atoms in total. The van der Waals surface area contributed by atoms with Gasteiger partial charge in [-0.2, -0.15) is 0 Å². The van der Waals surface area contributed by atoms with Crippen molar-refractivity contribution in [3.63, 3.8) is 0 Å². The SMILES string of the molecule is CCCCC=C(Cc1ccccc1)C(OC(C)=O)OC(C)=O. The van der Waals surface area contributed by atoms with Gasteiger partial charge in [-0.25, -0.2) is 0 Å². The number of hydrogen-bond acceptors (Lipinski definition) is 4. The lowest BCUT2D eigenvalue weighted by atomic mass is 10.0. The molecule has 0 aromatic heterocycles. The van der Waals surface area contributed by atoms with Crippen LogP contribution in [0.4, 0.5) is 0 Å². The van der Waals surface area contributed by atoms with Crippen LogP contribution in [-0.4, -0.2) is 18.2 Å². The van der Waals surface area contributed by atoms with E-state index in [-0.39, 0.29) is 0 Å². The first-order valence-electron chi connectivity index (χ1n) is 7.60. The van der Waals surface area contributed by atoms with Gasteiger partial charge in [-0.15, -0.1) is 0 Å². The zero-order valence-corrected chi connectivity index (χ0v) is 13.5. The van der Waals surface area contributed by atoms with Gasteiger partial charge >= 0.3 is 11.9 Å². The number of esters is 2. The first kappa shape index (κ1) is 18.0. The van der Waals surface area contributed by atoms with Gasteiger partial charge in [0.25, 0.3) is 6.29 Å². The molecule has 120 valence electrons. The highest BCUT2D eigenvalue weighted by Crippen LogP contribution is 2.18. The maximum atomic E-state index is 11.3. The van der Waals surface area contributed by atoms with Crippen LogP contribution in [0.25, 0.3) is 0 Å². The van der Waals surface area contributed by atoms with Gasteiger partial charge in [0, 0.05) is 25.8 Å². The zero-order valence-electron chi connectivity index (χ0n) is 13.5. The molecule has 1 aromatic carbocycles. The van der Waals surface area contributed by atoms with Crippen molar-refractivity contribution in [1.29, 1.82) is 0 Å². The zero-order chi connectivity index (χ0) is 16.4. The van der Waals surface area contributed by atoms with E-state index in [0.717, 1.165) is 30.4 Å². The van der Waals surface area contributed by atoms with E-state index in [2.05, 4.69) is 6.92 Å². The second kappa shape index (κ2) is 9.77. The van der Waals surface area contributed by atoms with Gasteiger partial charge in [-0.3, -0.25) is 9.59 Å². The number of carbonyl (C=O) groups excluding carboxylic acids is 2. The van der Waals surface area contributed by atoms with E-state index in [1.807, 2.05) is 36.4 Å². The van der Waals surface area contributed by atoms with Crippen LogP contribution < -0.4 is 0 Å². The molecule has 0 radical (unpaired) electrons. The maximum absolute atomic E-state index is 11.3. The summed E-state index contributed by atoms with van der Waals surface area (Å²) in [5.41, 5.74) is 1.87. The van der Waals surface area contributed by atoms with E-state index in [0.29, 0.717) is 6.42 Å². The van der Waals surface area contributed by atoms with E-state index in [9.17, 15) is 9.59 Å². The number of ether oxygens (including phenoxy) is 2. The van der Waals surface area contributed by atoms with Crippen LogP contribution >= 0.6 is 0 Å². The molecule has 0 amide bonds. The van der Waals surface area contributed by atoms with Gasteiger partial charge in [-0.1, -0.05) is 56.2 Å². The molecule has 0 aliphatic heterocycles. The smallest absolute Gasteiger partial charge is 0.305 e. The molecule has 0 bridgehead atoms. The Morgan fingerprint density at radius 3 is 2.18 bits per heavy atom. The lowest BCUT2D eigenvalue weighted by Gasteiger charge is -2.20. The fourth-order valence-corrected chi connectivity index (χ4v) is 2.05. The summed E-state index contributed by atoms with van der Waals surface area (Å²) in [4.78, 5) is 22.6. The number of unbranched alkanes of at least 4 members (excludes halogenated alkanes) is 2. The lowest BCUT2D eigenvalue weighted by Crippen LogP contribution is -2.25. The molecule has 22 heavy (non-hydrogen) atoms. The van der Waals surface area contributed by atoms with Gasteiger partial charge < -0.3 is 9.47 Å². The van der Waals surface area contributed by atoms with E-state index in [4.69, 9.17) is 9.47 Å². The molecule has 0 aliphatic carbocycles. The number of rotatable bonds is 8. The van der Waals surface area contributed by atoms with Crippen molar-refractivity contribution in [3.8, 4) is 0 Å². The summed E-state index contributed by atoms with van der Waals surface area (Å²) in [6.07, 6.45) is 4.60. The van der Waals surface area contributed by atoms with Crippen LogP contribution in [0.2, 0.25) is 0 Å². The topological polar surface area (TPSA) is 52.6 Å². The highest BCUT2D eigenvalue weighted by Gasteiger charge is 2.20. The summed E-state index contributed by atoms with van der Waals surface area (Å²) >= 11 is 0. The Hall–Kier alpha value is -2.10. The van der Waals surface area contributed by atoms with Crippen LogP contribution in [0.3, 0.4) is 0 Å². The minimum atomic E-state index is -0.952. The van der Waals surface area contributed by atoms with Crippen LogP contribution in [0, 0.1) is 0 Å². The van der Waals surface area contributed by atoms with E-state index >= 15 is 0 Å². The molecule has 0 unspecified atom stereocenters. The lowest BCUT2D eigenvalue weighted by molar-refractivity contribution is -0.178. The molecule has 0 aliphatic rings. The van der Waals surface area contributed by atoms with Crippen molar-refractivity contribution in [2.75, 3.05) is 0 Å². The molecule has 0 N–H and O–H groups in total.